The molecular weight excluding hydrogens is 1010 g/mol. The molecule has 14 nitrogen and oxygen atoms in total. The molecule has 24 heteroatoms. The summed E-state index contributed by atoms with van der Waals surface area (Å²) < 4.78 is 153. The van der Waals surface area contributed by atoms with E-state index in [9.17, 15) is 43.2 Å². The minimum atomic E-state index is -4.61. The van der Waals surface area contributed by atoms with Gasteiger partial charge in [-0.25, -0.2) is 26.8 Å². The fraction of sp³-hybridized carbons (Fsp3) is 0.348. The molecule has 2 fully saturated rings. The molecule has 0 radical (unpaired) electrons. The third-order valence-corrected chi connectivity index (χ3v) is 17.0. The van der Waals surface area contributed by atoms with Crippen LogP contribution in [0.4, 0.5) is 36.6 Å². The Kier molecular flexibility index (Phi) is 16.2. The summed E-state index contributed by atoms with van der Waals surface area (Å²) >= 11 is 2.93. The van der Waals surface area contributed by atoms with Gasteiger partial charge in [-0.1, -0.05) is 18.2 Å². The maximum absolute atomic E-state index is 13.0. The lowest BCUT2D eigenvalue weighted by Gasteiger charge is -2.33. The van der Waals surface area contributed by atoms with Crippen molar-refractivity contribution in [2.75, 3.05) is 90.6 Å². The summed E-state index contributed by atoms with van der Waals surface area (Å²) in [5, 5.41) is 5.45. The Bertz CT molecular complexity index is 2950. The van der Waals surface area contributed by atoms with Crippen molar-refractivity contribution >= 4 is 53.0 Å². The number of aromatic nitrogens is 2. The van der Waals surface area contributed by atoms with Crippen molar-refractivity contribution in [2.45, 2.75) is 35.0 Å². The lowest BCUT2D eigenvalue weighted by atomic mass is 10.1. The van der Waals surface area contributed by atoms with Crippen LogP contribution in [-0.4, -0.2) is 116 Å². The average Bonchev–Trinajstić information content (AvgIpc) is 4.03. The van der Waals surface area contributed by atoms with Crippen LogP contribution in [0.5, 0.6) is 23.0 Å². The van der Waals surface area contributed by atoms with Gasteiger partial charge in [-0.15, -0.1) is 22.7 Å². The van der Waals surface area contributed by atoms with E-state index in [1.54, 1.807) is 34.5 Å². The Hall–Kier alpha value is -5.66. The summed E-state index contributed by atoms with van der Waals surface area (Å²) in [5.74, 6) is 2.66. The zero-order valence-corrected chi connectivity index (χ0v) is 41.4. The number of piperazine rings is 2. The molecule has 0 N–H and O–H groups in total. The van der Waals surface area contributed by atoms with Gasteiger partial charge in [0.2, 0.25) is 20.0 Å². The summed E-state index contributed by atoms with van der Waals surface area (Å²) in [5.41, 5.74) is 1.75. The number of halogens is 6. The number of hydrogen-bond donors (Lipinski definition) is 0. The van der Waals surface area contributed by atoms with E-state index in [-0.39, 0.29) is 36.0 Å². The standard InChI is InChI=1S/2C23H24F3N3O4S2/c1-32-19-11-16(12-20(14-19)33-2)10-18-15-34-22(27-18)28-6-8-29(9-7-28)35(30,31)21-5-3-4-17(13-21)23(24,25)26;1-32-20-7-6-16(13-21(20)33-2)12-18-15-34-22(27-18)28-8-10-29(11-9-28)35(30,31)19-5-3-4-17(14-19)23(24,25)26/h3-5,11-15H,6-10H2,1-2H3;3-7,13-15H,8-12H2,1-2H3. The summed E-state index contributed by atoms with van der Waals surface area (Å²) in [7, 11) is -1.73. The van der Waals surface area contributed by atoms with Crippen LogP contribution in [-0.2, 0) is 45.2 Å². The van der Waals surface area contributed by atoms with Crippen LogP contribution in [0.2, 0.25) is 0 Å². The second-order valence-corrected chi connectivity index (χ2v) is 21.4. The van der Waals surface area contributed by atoms with Gasteiger partial charge in [0.25, 0.3) is 0 Å². The molecule has 2 saturated heterocycles. The van der Waals surface area contributed by atoms with Crippen molar-refractivity contribution in [2.24, 2.45) is 0 Å². The molecule has 0 amide bonds. The molecule has 0 aliphatic carbocycles. The maximum atomic E-state index is 13.0. The van der Waals surface area contributed by atoms with E-state index in [2.05, 4.69) is 0 Å². The van der Waals surface area contributed by atoms with Crippen LogP contribution in [0.1, 0.15) is 33.6 Å². The van der Waals surface area contributed by atoms with Crippen molar-refractivity contribution in [3.63, 3.8) is 0 Å². The van der Waals surface area contributed by atoms with E-state index in [1.807, 2.05) is 50.9 Å². The molecule has 0 unspecified atom stereocenters. The van der Waals surface area contributed by atoms with Crippen molar-refractivity contribution in [3.05, 3.63) is 129 Å². The van der Waals surface area contributed by atoms with E-state index in [0.29, 0.717) is 74.2 Å². The van der Waals surface area contributed by atoms with Gasteiger partial charge in [0.15, 0.2) is 21.8 Å². The summed E-state index contributed by atoms with van der Waals surface area (Å²) in [6, 6.07) is 19.0. The van der Waals surface area contributed by atoms with Crippen LogP contribution in [0.25, 0.3) is 0 Å². The molecule has 0 atom stereocenters. The third kappa shape index (κ3) is 12.4. The highest BCUT2D eigenvalue weighted by atomic mass is 32.2. The fourth-order valence-electron chi connectivity index (χ4n) is 7.63. The number of ether oxygens (including phenoxy) is 4. The average molecular weight is 1060 g/mol. The smallest absolute Gasteiger partial charge is 0.416 e. The minimum absolute atomic E-state index is 0.153. The minimum Gasteiger partial charge on any atom is -0.497 e. The quantitative estimate of drug-likeness (QED) is 0.0965. The Morgan fingerprint density at radius 2 is 0.943 bits per heavy atom. The van der Waals surface area contributed by atoms with E-state index in [0.717, 1.165) is 57.0 Å². The van der Waals surface area contributed by atoms with Crippen LogP contribution in [0, 0.1) is 0 Å². The molecule has 376 valence electrons. The number of rotatable bonds is 14. The van der Waals surface area contributed by atoms with Gasteiger partial charge in [-0.2, -0.15) is 35.0 Å². The lowest BCUT2D eigenvalue weighted by Crippen LogP contribution is -2.48. The van der Waals surface area contributed by atoms with Crippen molar-refractivity contribution in [1.29, 1.82) is 0 Å². The predicted octanol–water partition coefficient (Wildman–Crippen LogP) is 8.56. The first kappa shape index (κ1) is 52.2. The van der Waals surface area contributed by atoms with Crippen molar-refractivity contribution in [3.8, 4) is 23.0 Å². The second kappa shape index (κ2) is 21.8. The topological polar surface area (TPSA) is 144 Å². The SMILES string of the molecule is COc1cc(Cc2csc(N3CCN(S(=O)(=O)c4cccc(C(F)(F)F)c4)CC3)n2)cc(OC)c1.COc1ccc(Cc2csc(N3CCN(S(=O)(=O)c4cccc(C(F)(F)F)c4)CC3)n2)cc1OC. The van der Waals surface area contributed by atoms with E-state index in [1.165, 1.54) is 43.4 Å². The van der Waals surface area contributed by atoms with E-state index in [4.69, 9.17) is 28.9 Å². The largest absolute Gasteiger partial charge is 0.497 e. The van der Waals surface area contributed by atoms with Crippen LogP contribution >= 0.6 is 22.7 Å². The first-order valence-corrected chi connectivity index (χ1v) is 26.0. The van der Waals surface area contributed by atoms with Gasteiger partial charge in [0, 0.05) is 82.0 Å². The van der Waals surface area contributed by atoms with Crippen molar-refractivity contribution < 1.29 is 62.1 Å². The number of sulfonamides is 2. The molecule has 4 heterocycles. The number of anilines is 2. The number of methoxy groups -OCH3 is 4. The van der Waals surface area contributed by atoms with Crippen LogP contribution in [0.15, 0.2) is 105 Å². The van der Waals surface area contributed by atoms with Crippen LogP contribution in [0.3, 0.4) is 0 Å². The Balaban J connectivity index is 0.000000206. The monoisotopic (exact) mass is 1050 g/mol. The summed E-state index contributed by atoms with van der Waals surface area (Å²) in [6.07, 6.45) is -8.04. The highest BCUT2D eigenvalue weighted by Gasteiger charge is 2.36. The van der Waals surface area contributed by atoms with Gasteiger partial charge >= 0.3 is 12.4 Å². The number of alkyl halides is 6. The Morgan fingerprint density at radius 3 is 1.34 bits per heavy atom. The third-order valence-electron chi connectivity index (χ3n) is 11.3. The van der Waals surface area contributed by atoms with E-state index >= 15 is 0 Å². The van der Waals surface area contributed by atoms with Gasteiger partial charge in [0.05, 0.1) is 60.7 Å². The van der Waals surface area contributed by atoms with Crippen LogP contribution < -0.4 is 28.7 Å². The molecule has 0 bridgehead atoms. The summed E-state index contributed by atoms with van der Waals surface area (Å²) in [4.78, 5) is 12.6. The molecule has 0 saturated carbocycles. The van der Waals surface area contributed by atoms with Gasteiger partial charge in [0.1, 0.15) is 11.5 Å². The molecular formula is C46H48F6N6O8S4. The number of benzene rings is 4. The summed E-state index contributed by atoms with van der Waals surface area (Å²) in [6.45, 7) is 2.17. The Morgan fingerprint density at radius 1 is 0.514 bits per heavy atom. The fourth-order valence-corrected chi connectivity index (χ4v) is 12.3. The van der Waals surface area contributed by atoms with Crippen molar-refractivity contribution in [1.82, 2.24) is 18.6 Å². The highest BCUT2D eigenvalue weighted by Crippen LogP contribution is 2.35. The number of hydrogen-bond acceptors (Lipinski definition) is 14. The second-order valence-electron chi connectivity index (χ2n) is 15.8. The number of nitrogens with zero attached hydrogens (tertiary/aromatic N) is 6. The van der Waals surface area contributed by atoms with Gasteiger partial charge < -0.3 is 28.7 Å². The predicted molar refractivity (Wildman–Crippen MR) is 254 cm³/mol. The van der Waals surface area contributed by atoms with Gasteiger partial charge in [-0.3, -0.25) is 0 Å². The zero-order valence-electron chi connectivity index (χ0n) is 38.2. The maximum Gasteiger partial charge on any atom is 0.416 e. The first-order valence-electron chi connectivity index (χ1n) is 21.4. The molecule has 70 heavy (non-hydrogen) atoms. The van der Waals surface area contributed by atoms with Gasteiger partial charge in [-0.05, 0) is 71.8 Å². The normalized spacial score (nSPS) is 15.3. The molecule has 2 aliphatic heterocycles. The highest BCUT2D eigenvalue weighted by molar-refractivity contribution is 7.89. The molecule has 4 aromatic carbocycles. The van der Waals surface area contributed by atoms with E-state index < -0.39 is 43.5 Å². The molecule has 6 aromatic rings. The Labute approximate surface area is 409 Å². The molecule has 2 aromatic heterocycles. The molecule has 2 aliphatic rings. The zero-order chi connectivity index (χ0) is 50.4. The lowest BCUT2D eigenvalue weighted by molar-refractivity contribution is -0.138. The first-order chi connectivity index (χ1) is 33.2. The number of thiazole rings is 2. The molecule has 0 spiro atoms. The molecule has 8 rings (SSSR count).